The maximum absolute atomic E-state index is 13.8. The minimum atomic E-state index is -5.03. The van der Waals surface area contributed by atoms with Gasteiger partial charge in [-0.05, 0) is 35.4 Å². The van der Waals surface area contributed by atoms with Crippen molar-refractivity contribution in [3.8, 4) is 0 Å². The van der Waals surface area contributed by atoms with Crippen molar-refractivity contribution in [2.24, 2.45) is 0 Å². The number of aromatic nitrogens is 1. The Labute approximate surface area is 157 Å². The quantitative estimate of drug-likeness (QED) is 0.587. The number of methoxy groups -OCH3 is 1. The smallest absolute Gasteiger partial charge is 0.422 e. The van der Waals surface area contributed by atoms with Gasteiger partial charge in [-0.2, -0.15) is 13.2 Å². The molecule has 0 fully saturated rings. The van der Waals surface area contributed by atoms with Crippen molar-refractivity contribution in [2.75, 3.05) is 7.11 Å². The molecule has 0 radical (unpaired) electrons. The molecule has 0 bridgehead atoms. The molecular weight excluding hydrogens is 394 g/mol. The normalized spacial score (nSPS) is 15.2. The molecule has 0 spiro atoms. The van der Waals surface area contributed by atoms with Gasteiger partial charge in [0.05, 0.1) is 12.7 Å². The number of esters is 1. The van der Waals surface area contributed by atoms with E-state index in [0.717, 1.165) is 18.3 Å². The Morgan fingerprint density at radius 1 is 1.23 bits per heavy atom. The molecule has 1 aromatic carbocycles. The van der Waals surface area contributed by atoms with Crippen molar-refractivity contribution >= 4 is 29.2 Å². The number of aliphatic hydroxyl groups is 1. The predicted octanol–water partition coefficient (Wildman–Crippen LogP) is 4.73. The predicted molar refractivity (Wildman–Crippen MR) is 90.4 cm³/mol. The maximum Gasteiger partial charge on any atom is 0.422 e. The highest BCUT2D eigenvalue weighted by molar-refractivity contribution is 6.31. The molecule has 2 rings (SSSR count). The molecule has 9 heteroatoms. The van der Waals surface area contributed by atoms with E-state index in [4.69, 9.17) is 23.2 Å². The van der Waals surface area contributed by atoms with E-state index in [9.17, 15) is 23.1 Å². The fourth-order valence-electron chi connectivity index (χ4n) is 2.65. The minimum absolute atomic E-state index is 0.00656. The topological polar surface area (TPSA) is 59.4 Å². The van der Waals surface area contributed by atoms with Gasteiger partial charge in [0.2, 0.25) is 0 Å². The Hall–Kier alpha value is -1.83. The molecule has 2 aromatic rings. The largest absolute Gasteiger partial charge is 0.465 e. The van der Waals surface area contributed by atoms with Crippen LogP contribution in [0, 0.1) is 0 Å². The number of alkyl halides is 3. The van der Waals surface area contributed by atoms with Crippen LogP contribution in [0.25, 0.3) is 0 Å². The first-order valence-electron chi connectivity index (χ1n) is 7.31. The van der Waals surface area contributed by atoms with Crippen LogP contribution in [-0.2, 0) is 10.3 Å². The van der Waals surface area contributed by atoms with E-state index in [1.165, 1.54) is 32.2 Å². The van der Waals surface area contributed by atoms with Crippen molar-refractivity contribution in [2.45, 2.75) is 24.6 Å². The van der Waals surface area contributed by atoms with E-state index in [1.54, 1.807) is 0 Å². The van der Waals surface area contributed by atoms with Crippen LogP contribution < -0.4 is 0 Å². The second-order valence-corrected chi connectivity index (χ2v) is 6.38. The summed E-state index contributed by atoms with van der Waals surface area (Å²) in [6.07, 6.45) is -3.95. The fraction of sp³-hybridized carbons (Fsp3) is 0.294. The Kier molecular flexibility index (Phi) is 5.85. The molecule has 0 saturated carbocycles. The summed E-state index contributed by atoms with van der Waals surface area (Å²) in [7, 11) is 1.17. The third-order valence-corrected chi connectivity index (χ3v) is 4.65. The molecule has 4 nitrogen and oxygen atoms in total. The molecule has 1 aromatic heterocycles. The Bertz CT molecular complexity index is 829. The van der Waals surface area contributed by atoms with E-state index >= 15 is 0 Å². The van der Waals surface area contributed by atoms with Gasteiger partial charge < -0.3 is 9.84 Å². The lowest BCUT2D eigenvalue weighted by Crippen LogP contribution is -2.46. The molecule has 2 unspecified atom stereocenters. The van der Waals surface area contributed by atoms with Gasteiger partial charge >= 0.3 is 12.1 Å². The van der Waals surface area contributed by atoms with Crippen LogP contribution in [0.15, 0.2) is 36.5 Å². The van der Waals surface area contributed by atoms with Gasteiger partial charge in [-0.1, -0.05) is 36.2 Å². The number of pyridine rings is 1. The van der Waals surface area contributed by atoms with Crippen LogP contribution in [0.4, 0.5) is 13.2 Å². The molecule has 2 atom stereocenters. The van der Waals surface area contributed by atoms with Crippen molar-refractivity contribution in [1.82, 2.24) is 4.98 Å². The molecule has 1 N–H and O–H groups in total. The van der Waals surface area contributed by atoms with Gasteiger partial charge in [-0.3, -0.25) is 0 Å². The highest BCUT2D eigenvalue weighted by Gasteiger charge is 2.59. The van der Waals surface area contributed by atoms with Gasteiger partial charge in [0, 0.05) is 17.1 Å². The minimum Gasteiger partial charge on any atom is -0.465 e. The van der Waals surface area contributed by atoms with E-state index in [2.05, 4.69) is 9.72 Å². The van der Waals surface area contributed by atoms with Gasteiger partial charge in [-0.15, -0.1) is 0 Å². The van der Waals surface area contributed by atoms with Crippen molar-refractivity contribution in [1.29, 1.82) is 0 Å². The zero-order valence-corrected chi connectivity index (χ0v) is 15.2. The van der Waals surface area contributed by atoms with Crippen LogP contribution >= 0.6 is 23.2 Å². The molecule has 0 saturated heterocycles. The van der Waals surface area contributed by atoms with Crippen LogP contribution in [0.5, 0.6) is 0 Å². The number of nitrogens with zero attached hydrogens (tertiary/aromatic N) is 1. The van der Waals surface area contributed by atoms with Gasteiger partial charge in [0.25, 0.3) is 0 Å². The number of carbonyl (C=O) groups is 1. The summed E-state index contributed by atoms with van der Waals surface area (Å²) in [4.78, 5) is 15.2. The average Bonchev–Trinajstić information content (AvgIpc) is 2.58. The summed E-state index contributed by atoms with van der Waals surface area (Å²) >= 11 is 11.8. The molecule has 0 aliphatic rings. The third-order valence-electron chi connectivity index (χ3n) is 4.11. The Morgan fingerprint density at radius 3 is 2.38 bits per heavy atom. The number of hydrogen-bond donors (Lipinski definition) is 1. The molecule has 0 aliphatic carbocycles. The van der Waals surface area contributed by atoms with Crippen molar-refractivity contribution < 1.29 is 27.8 Å². The maximum atomic E-state index is 13.8. The van der Waals surface area contributed by atoms with Gasteiger partial charge in [0.15, 0.2) is 5.60 Å². The second-order valence-electron chi connectivity index (χ2n) is 5.58. The first kappa shape index (κ1) is 20.5. The van der Waals surface area contributed by atoms with E-state index in [-0.39, 0.29) is 21.3 Å². The molecule has 0 amide bonds. The summed E-state index contributed by atoms with van der Waals surface area (Å²) in [6.45, 7) is 1.18. The zero-order chi connectivity index (χ0) is 19.7. The highest BCUT2D eigenvalue weighted by Crippen LogP contribution is 2.49. The van der Waals surface area contributed by atoms with Crippen molar-refractivity contribution in [3.05, 3.63) is 63.4 Å². The molecule has 0 aliphatic heterocycles. The lowest BCUT2D eigenvalue weighted by Gasteiger charge is -2.37. The highest BCUT2D eigenvalue weighted by atomic mass is 35.5. The lowest BCUT2D eigenvalue weighted by molar-refractivity contribution is -0.274. The van der Waals surface area contributed by atoms with Crippen LogP contribution in [0.1, 0.15) is 34.3 Å². The molecular formula is C17H14Cl2F3NO3. The third kappa shape index (κ3) is 3.65. The number of rotatable bonds is 4. The number of ether oxygens (including phenoxy) is 1. The summed E-state index contributed by atoms with van der Waals surface area (Å²) in [6, 6.07) is 5.70. The number of benzene rings is 1. The summed E-state index contributed by atoms with van der Waals surface area (Å²) in [5, 5.41) is 10.4. The van der Waals surface area contributed by atoms with Gasteiger partial charge in [0.1, 0.15) is 5.15 Å². The number of halogens is 5. The Balaban J connectivity index is 2.58. The lowest BCUT2D eigenvalue weighted by atomic mass is 9.78. The number of carbonyl (C=O) groups excluding carboxylic acids is 1. The summed E-state index contributed by atoms with van der Waals surface area (Å²) in [5.74, 6) is -2.18. The zero-order valence-electron chi connectivity index (χ0n) is 13.6. The monoisotopic (exact) mass is 407 g/mol. The first-order valence-corrected chi connectivity index (χ1v) is 8.06. The summed E-state index contributed by atoms with van der Waals surface area (Å²) in [5.41, 5.74) is -3.65. The molecule has 140 valence electrons. The second kappa shape index (κ2) is 7.42. The fourth-order valence-corrected chi connectivity index (χ4v) is 3.16. The summed E-state index contributed by atoms with van der Waals surface area (Å²) < 4.78 is 46.0. The van der Waals surface area contributed by atoms with E-state index < -0.39 is 29.2 Å². The van der Waals surface area contributed by atoms with E-state index in [0.29, 0.717) is 0 Å². The standard InChI is InChI=1S/C17H14Cl2F3NO3/c1-9(12-4-3-10(7-13(12)18)15(24)26-2)16(25,17(20,21)22)11-5-6-23-14(19)8-11/h3-9,25H,1-2H3. The Morgan fingerprint density at radius 2 is 1.88 bits per heavy atom. The number of hydrogen-bond acceptors (Lipinski definition) is 4. The van der Waals surface area contributed by atoms with E-state index in [1.807, 2.05) is 0 Å². The average molecular weight is 408 g/mol. The molecule has 1 heterocycles. The van der Waals surface area contributed by atoms with Crippen LogP contribution in [0.2, 0.25) is 10.2 Å². The SMILES string of the molecule is COC(=O)c1ccc(C(C)C(O)(c2ccnc(Cl)c2)C(F)(F)F)c(Cl)c1. The van der Waals surface area contributed by atoms with Crippen LogP contribution in [-0.4, -0.2) is 29.3 Å². The van der Waals surface area contributed by atoms with Crippen LogP contribution in [0.3, 0.4) is 0 Å². The van der Waals surface area contributed by atoms with Crippen molar-refractivity contribution in [3.63, 3.8) is 0 Å². The van der Waals surface area contributed by atoms with Gasteiger partial charge in [-0.25, -0.2) is 9.78 Å². The molecule has 26 heavy (non-hydrogen) atoms. The first-order chi connectivity index (χ1) is 12.0.